The second-order valence-electron chi connectivity index (χ2n) is 4.92. The number of hydrogen-bond donors (Lipinski definition) is 0. The van der Waals surface area contributed by atoms with Crippen LogP contribution in [0.3, 0.4) is 0 Å². The standard InChI is InChI=1S/C13H19ClN2O3S/c1-3-12-9-19-10(2)8-16(12)20(17,18)13-5-4-11(6-14)7-15-13/h4-5,7,10,12H,3,6,8-9H2,1-2H3. The average Bonchev–Trinajstić information content (AvgIpc) is 2.47. The topological polar surface area (TPSA) is 59.5 Å². The molecule has 1 fully saturated rings. The molecule has 0 aromatic carbocycles. The highest BCUT2D eigenvalue weighted by Crippen LogP contribution is 2.23. The summed E-state index contributed by atoms with van der Waals surface area (Å²) in [6, 6.07) is 3.07. The lowest BCUT2D eigenvalue weighted by molar-refractivity contribution is -0.0231. The van der Waals surface area contributed by atoms with Gasteiger partial charge in [0.05, 0.1) is 12.7 Å². The van der Waals surface area contributed by atoms with Crippen molar-refractivity contribution in [1.82, 2.24) is 9.29 Å². The SMILES string of the molecule is CCC1COC(C)CN1S(=O)(=O)c1ccc(CCl)cn1. The lowest BCUT2D eigenvalue weighted by Gasteiger charge is -2.36. The highest BCUT2D eigenvalue weighted by molar-refractivity contribution is 7.89. The molecular formula is C13H19ClN2O3S. The molecule has 0 saturated carbocycles. The normalized spacial score (nSPS) is 24.8. The minimum Gasteiger partial charge on any atom is -0.375 e. The van der Waals surface area contributed by atoms with E-state index in [0.717, 1.165) is 5.56 Å². The molecular weight excluding hydrogens is 300 g/mol. The minimum absolute atomic E-state index is 0.0684. The van der Waals surface area contributed by atoms with Crippen LogP contribution in [0.2, 0.25) is 0 Å². The molecule has 2 atom stereocenters. The molecule has 1 aromatic rings. The molecule has 0 spiro atoms. The largest absolute Gasteiger partial charge is 0.375 e. The molecule has 0 N–H and O–H groups in total. The van der Waals surface area contributed by atoms with Crippen LogP contribution in [0.1, 0.15) is 25.8 Å². The van der Waals surface area contributed by atoms with Gasteiger partial charge in [-0.2, -0.15) is 4.31 Å². The fourth-order valence-electron chi connectivity index (χ4n) is 2.19. The number of pyridine rings is 1. The maximum atomic E-state index is 12.7. The van der Waals surface area contributed by atoms with E-state index in [9.17, 15) is 8.42 Å². The maximum Gasteiger partial charge on any atom is 0.260 e. The monoisotopic (exact) mass is 318 g/mol. The number of sulfonamides is 1. The fraction of sp³-hybridized carbons (Fsp3) is 0.615. The van der Waals surface area contributed by atoms with Gasteiger partial charge in [0, 0.05) is 24.7 Å². The zero-order valence-corrected chi connectivity index (χ0v) is 13.2. The number of aromatic nitrogens is 1. The predicted octanol–water partition coefficient (Wildman–Crippen LogP) is 2.01. The summed E-state index contributed by atoms with van der Waals surface area (Å²) in [7, 11) is -3.58. The quantitative estimate of drug-likeness (QED) is 0.797. The van der Waals surface area contributed by atoms with Gasteiger partial charge >= 0.3 is 0 Å². The zero-order chi connectivity index (χ0) is 14.8. The molecule has 0 radical (unpaired) electrons. The van der Waals surface area contributed by atoms with E-state index < -0.39 is 10.0 Å². The van der Waals surface area contributed by atoms with Gasteiger partial charge in [-0.1, -0.05) is 13.0 Å². The van der Waals surface area contributed by atoms with Crippen molar-refractivity contribution in [2.24, 2.45) is 0 Å². The Hall–Kier alpha value is -0.690. The van der Waals surface area contributed by atoms with Crippen molar-refractivity contribution < 1.29 is 13.2 Å². The number of nitrogens with zero attached hydrogens (tertiary/aromatic N) is 2. The Kier molecular flexibility index (Phi) is 5.01. The van der Waals surface area contributed by atoms with Crippen LogP contribution in [0.25, 0.3) is 0 Å². The molecule has 0 bridgehead atoms. The van der Waals surface area contributed by atoms with E-state index in [1.807, 2.05) is 13.8 Å². The second-order valence-corrected chi connectivity index (χ2v) is 7.02. The van der Waals surface area contributed by atoms with Crippen LogP contribution < -0.4 is 0 Å². The summed E-state index contributed by atoms with van der Waals surface area (Å²) in [5, 5.41) is 0.0684. The van der Waals surface area contributed by atoms with Crippen molar-refractivity contribution in [1.29, 1.82) is 0 Å². The van der Waals surface area contributed by atoms with E-state index in [1.165, 1.54) is 16.6 Å². The third-order valence-corrected chi connectivity index (χ3v) is 5.56. The van der Waals surface area contributed by atoms with Crippen molar-refractivity contribution in [2.45, 2.75) is 43.3 Å². The molecule has 2 unspecified atom stereocenters. The molecule has 1 aromatic heterocycles. The highest BCUT2D eigenvalue weighted by atomic mass is 35.5. The second kappa shape index (κ2) is 6.39. The number of morpholine rings is 1. The van der Waals surface area contributed by atoms with Gasteiger partial charge in [0.1, 0.15) is 0 Å². The van der Waals surface area contributed by atoms with Crippen LogP contribution in [-0.2, 0) is 20.6 Å². The van der Waals surface area contributed by atoms with Crippen molar-refractivity contribution in [2.75, 3.05) is 13.2 Å². The lowest BCUT2D eigenvalue weighted by atomic mass is 10.2. The third kappa shape index (κ3) is 3.14. The summed E-state index contributed by atoms with van der Waals surface area (Å²) in [5.41, 5.74) is 0.799. The van der Waals surface area contributed by atoms with Gasteiger partial charge in [0.2, 0.25) is 0 Å². The van der Waals surface area contributed by atoms with E-state index in [-0.39, 0.29) is 17.2 Å². The molecule has 5 nitrogen and oxygen atoms in total. The van der Waals surface area contributed by atoms with E-state index in [1.54, 1.807) is 6.07 Å². The third-order valence-electron chi connectivity index (χ3n) is 3.41. The molecule has 1 saturated heterocycles. The van der Waals surface area contributed by atoms with Gasteiger partial charge in [-0.3, -0.25) is 0 Å². The van der Waals surface area contributed by atoms with E-state index in [4.69, 9.17) is 16.3 Å². The van der Waals surface area contributed by atoms with Crippen LogP contribution in [0.15, 0.2) is 23.4 Å². The van der Waals surface area contributed by atoms with Crippen LogP contribution in [0.4, 0.5) is 0 Å². The van der Waals surface area contributed by atoms with Crippen LogP contribution in [0, 0.1) is 0 Å². The average molecular weight is 319 g/mol. The Balaban J connectivity index is 2.31. The summed E-state index contributed by atoms with van der Waals surface area (Å²) < 4.78 is 32.4. The highest BCUT2D eigenvalue weighted by Gasteiger charge is 2.36. The van der Waals surface area contributed by atoms with Crippen molar-refractivity contribution >= 4 is 21.6 Å². The minimum atomic E-state index is -3.58. The number of rotatable bonds is 4. The van der Waals surface area contributed by atoms with Crippen molar-refractivity contribution in [3.8, 4) is 0 Å². The Morgan fingerprint density at radius 1 is 1.50 bits per heavy atom. The Bertz CT molecular complexity index is 547. The van der Waals surface area contributed by atoms with Crippen molar-refractivity contribution in [3.05, 3.63) is 23.9 Å². The first-order valence-electron chi connectivity index (χ1n) is 6.63. The number of hydrogen-bond acceptors (Lipinski definition) is 4. The van der Waals surface area contributed by atoms with E-state index >= 15 is 0 Å². The summed E-state index contributed by atoms with van der Waals surface area (Å²) in [6.45, 7) is 4.62. The summed E-state index contributed by atoms with van der Waals surface area (Å²) in [5.74, 6) is 0.319. The first kappa shape index (κ1) is 15.7. The molecule has 0 amide bonds. The van der Waals surface area contributed by atoms with Gasteiger partial charge in [0.25, 0.3) is 10.0 Å². The van der Waals surface area contributed by atoms with Gasteiger partial charge in [0.15, 0.2) is 5.03 Å². The Morgan fingerprint density at radius 3 is 2.80 bits per heavy atom. The van der Waals surface area contributed by atoms with Gasteiger partial charge < -0.3 is 4.74 Å². The lowest BCUT2D eigenvalue weighted by Crippen LogP contribution is -2.51. The number of halogens is 1. The van der Waals surface area contributed by atoms with Gasteiger partial charge in [-0.15, -0.1) is 11.6 Å². The summed E-state index contributed by atoms with van der Waals surface area (Å²) >= 11 is 5.69. The summed E-state index contributed by atoms with van der Waals surface area (Å²) in [6.07, 6.45) is 2.12. The number of ether oxygens (including phenoxy) is 1. The smallest absolute Gasteiger partial charge is 0.260 e. The molecule has 20 heavy (non-hydrogen) atoms. The molecule has 1 aliphatic rings. The molecule has 7 heteroatoms. The van der Waals surface area contributed by atoms with Crippen molar-refractivity contribution in [3.63, 3.8) is 0 Å². The predicted molar refractivity (Wildman–Crippen MR) is 77.2 cm³/mol. The maximum absolute atomic E-state index is 12.7. The molecule has 0 aliphatic carbocycles. The first-order valence-corrected chi connectivity index (χ1v) is 8.60. The molecule has 2 heterocycles. The zero-order valence-electron chi connectivity index (χ0n) is 11.6. The van der Waals surface area contributed by atoms with Crippen LogP contribution in [-0.4, -0.2) is 43.0 Å². The van der Waals surface area contributed by atoms with Gasteiger partial charge in [-0.05, 0) is 25.0 Å². The Labute approximate surface area is 125 Å². The summed E-state index contributed by atoms with van der Waals surface area (Å²) in [4.78, 5) is 4.04. The first-order chi connectivity index (χ1) is 9.48. The fourth-order valence-corrected chi connectivity index (χ4v) is 4.03. The number of alkyl halides is 1. The molecule has 1 aliphatic heterocycles. The van der Waals surface area contributed by atoms with E-state index in [2.05, 4.69) is 4.98 Å². The van der Waals surface area contributed by atoms with Gasteiger partial charge in [-0.25, -0.2) is 13.4 Å². The van der Waals surface area contributed by atoms with Crippen LogP contribution >= 0.6 is 11.6 Å². The molecule has 112 valence electrons. The Morgan fingerprint density at radius 2 is 2.25 bits per heavy atom. The van der Waals surface area contributed by atoms with Crippen LogP contribution in [0.5, 0.6) is 0 Å². The van der Waals surface area contributed by atoms with E-state index in [0.29, 0.717) is 25.5 Å². The molecule has 2 rings (SSSR count).